The molecule has 4 atom stereocenters. The lowest BCUT2D eigenvalue weighted by atomic mass is 10.2. The molecule has 1 aromatic heterocycles. The Bertz CT molecular complexity index is 1200. The van der Waals surface area contributed by atoms with Crippen molar-refractivity contribution >= 4 is 25.5 Å². The van der Waals surface area contributed by atoms with E-state index in [-0.39, 0.29) is 12.4 Å². The van der Waals surface area contributed by atoms with Crippen LogP contribution in [0.5, 0.6) is 5.75 Å². The van der Waals surface area contributed by atoms with Crippen LogP contribution in [0.25, 0.3) is 0 Å². The zero-order valence-corrected chi connectivity index (χ0v) is 21.3. The van der Waals surface area contributed by atoms with Crippen LogP contribution >= 0.6 is 19.5 Å². The number of carbonyl (C=O) groups is 1. The number of nitrogens with one attached hydrogen (secondary N) is 2. The monoisotopic (exact) mass is 525 g/mol. The summed E-state index contributed by atoms with van der Waals surface area (Å²) in [5.74, 6) is 0.305. The summed E-state index contributed by atoms with van der Waals surface area (Å²) in [6.45, 7) is 1.38. The van der Waals surface area contributed by atoms with Crippen molar-refractivity contribution in [2.75, 3.05) is 25.7 Å². The Kier molecular flexibility index (Phi) is 9.53. The second-order valence-electron chi connectivity index (χ2n) is 7.61. The number of methoxy groups -OCH3 is 1. The second kappa shape index (κ2) is 12.4. The maximum Gasteiger partial charge on any atom is 0.459 e. The number of benzene rings is 1. The number of aromatic nitrogens is 2. The van der Waals surface area contributed by atoms with Gasteiger partial charge in [-0.25, -0.2) is 9.36 Å². The van der Waals surface area contributed by atoms with Crippen LogP contribution in [0.3, 0.4) is 0 Å². The van der Waals surface area contributed by atoms with Gasteiger partial charge in [-0.1, -0.05) is 24.3 Å². The van der Waals surface area contributed by atoms with Crippen LogP contribution in [-0.4, -0.2) is 53.4 Å². The molecule has 1 aromatic carbocycles. The summed E-state index contributed by atoms with van der Waals surface area (Å²) in [6.07, 6.45) is 5.46. The van der Waals surface area contributed by atoms with Crippen molar-refractivity contribution in [1.82, 2.24) is 14.6 Å². The SMILES string of the molecule is COC(=O)[C@H](CCSC)NP(=O)(OC[C@@H]1C=C[C@H](n2cc(C)c(=O)[nH]c2=O)O1)Oc1ccccc1. The summed E-state index contributed by atoms with van der Waals surface area (Å²) in [6, 6.07) is 7.50. The summed E-state index contributed by atoms with van der Waals surface area (Å²) >= 11 is 1.52. The van der Waals surface area contributed by atoms with Gasteiger partial charge in [-0.3, -0.25) is 23.7 Å². The quantitative estimate of drug-likeness (QED) is 0.241. The van der Waals surface area contributed by atoms with Crippen LogP contribution in [0, 0.1) is 6.92 Å². The fourth-order valence-electron chi connectivity index (χ4n) is 3.20. The van der Waals surface area contributed by atoms with E-state index in [0.29, 0.717) is 17.7 Å². The number of H-pyrrole nitrogens is 1. The van der Waals surface area contributed by atoms with E-state index in [4.69, 9.17) is 18.5 Å². The summed E-state index contributed by atoms with van der Waals surface area (Å²) in [4.78, 5) is 38.3. The fraction of sp³-hybridized carbons (Fsp3) is 0.409. The molecule has 13 heteroatoms. The first kappa shape index (κ1) is 27.0. The number of thioether (sulfide) groups is 1. The molecule has 0 aliphatic carbocycles. The highest BCUT2D eigenvalue weighted by Crippen LogP contribution is 2.45. The molecule has 1 unspecified atom stereocenters. The van der Waals surface area contributed by atoms with Gasteiger partial charge in [-0.05, 0) is 43.6 Å². The number of aryl methyl sites for hydroxylation is 1. The van der Waals surface area contributed by atoms with Crippen molar-refractivity contribution in [3.8, 4) is 5.75 Å². The van der Waals surface area contributed by atoms with E-state index < -0.39 is 43.3 Å². The molecular weight excluding hydrogens is 497 g/mol. The molecule has 1 aliphatic heterocycles. The molecule has 11 nitrogen and oxygen atoms in total. The van der Waals surface area contributed by atoms with E-state index in [1.54, 1.807) is 49.4 Å². The van der Waals surface area contributed by atoms with E-state index in [0.717, 1.165) is 0 Å². The zero-order chi connectivity index (χ0) is 25.4. The Morgan fingerprint density at radius 3 is 2.71 bits per heavy atom. The average Bonchev–Trinajstić information content (AvgIpc) is 3.32. The van der Waals surface area contributed by atoms with E-state index in [9.17, 15) is 18.9 Å². The highest BCUT2D eigenvalue weighted by molar-refractivity contribution is 7.98. The van der Waals surface area contributed by atoms with Crippen molar-refractivity contribution in [3.05, 3.63) is 75.1 Å². The Morgan fingerprint density at radius 1 is 1.29 bits per heavy atom. The van der Waals surface area contributed by atoms with Crippen molar-refractivity contribution in [3.63, 3.8) is 0 Å². The maximum absolute atomic E-state index is 13.7. The number of carbonyl (C=O) groups excluding carboxylic acids is 1. The molecule has 0 amide bonds. The number of nitrogens with zero attached hydrogens (tertiary/aromatic N) is 1. The molecule has 0 spiro atoms. The van der Waals surface area contributed by atoms with Gasteiger partial charge < -0.3 is 14.0 Å². The molecule has 3 rings (SSSR count). The van der Waals surface area contributed by atoms with Gasteiger partial charge in [-0.2, -0.15) is 16.8 Å². The second-order valence-corrected chi connectivity index (χ2v) is 10.3. The van der Waals surface area contributed by atoms with Crippen LogP contribution in [0.2, 0.25) is 0 Å². The lowest BCUT2D eigenvalue weighted by Gasteiger charge is -2.25. The Morgan fingerprint density at radius 2 is 2.03 bits per heavy atom. The largest absolute Gasteiger partial charge is 0.468 e. The Balaban J connectivity index is 1.73. The smallest absolute Gasteiger partial charge is 0.459 e. The van der Waals surface area contributed by atoms with Crippen molar-refractivity contribution in [2.24, 2.45) is 0 Å². The Labute approximate surface area is 206 Å². The number of aromatic amines is 1. The number of para-hydroxylation sites is 1. The van der Waals surface area contributed by atoms with Gasteiger partial charge in [0.25, 0.3) is 5.56 Å². The van der Waals surface area contributed by atoms with Crippen molar-refractivity contribution in [1.29, 1.82) is 0 Å². The fourth-order valence-corrected chi connectivity index (χ4v) is 5.21. The topological polar surface area (TPSA) is 138 Å². The van der Waals surface area contributed by atoms with Gasteiger partial charge in [-0.15, -0.1) is 0 Å². The molecule has 2 aromatic rings. The molecule has 2 heterocycles. The Hall–Kier alpha value is -2.63. The third-order valence-corrected chi connectivity index (χ3v) is 7.22. The summed E-state index contributed by atoms with van der Waals surface area (Å²) in [5, 5.41) is 2.70. The zero-order valence-electron chi connectivity index (χ0n) is 19.5. The minimum Gasteiger partial charge on any atom is -0.468 e. The third-order valence-electron chi connectivity index (χ3n) is 5.01. The van der Waals surface area contributed by atoms with Gasteiger partial charge in [0.2, 0.25) is 0 Å². The van der Waals surface area contributed by atoms with E-state index >= 15 is 0 Å². The minimum atomic E-state index is -4.06. The molecule has 190 valence electrons. The highest BCUT2D eigenvalue weighted by Gasteiger charge is 2.35. The highest BCUT2D eigenvalue weighted by atomic mass is 32.2. The first-order valence-corrected chi connectivity index (χ1v) is 13.7. The van der Waals surface area contributed by atoms with Crippen LogP contribution in [0.1, 0.15) is 18.2 Å². The number of hydrogen-bond donors (Lipinski definition) is 2. The van der Waals surface area contributed by atoms with Gasteiger partial charge in [0.05, 0.1) is 13.7 Å². The van der Waals surface area contributed by atoms with Gasteiger partial charge in [0.1, 0.15) is 17.9 Å². The van der Waals surface area contributed by atoms with Crippen molar-refractivity contribution in [2.45, 2.75) is 31.7 Å². The number of ether oxygens (including phenoxy) is 2. The summed E-state index contributed by atoms with van der Waals surface area (Å²) < 4.78 is 36.9. The maximum atomic E-state index is 13.7. The van der Waals surface area contributed by atoms with Gasteiger partial charge in [0.15, 0.2) is 6.23 Å². The molecule has 0 bridgehead atoms. The molecule has 0 saturated heterocycles. The summed E-state index contributed by atoms with van der Waals surface area (Å²) in [7, 11) is -2.81. The summed E-state index contributed by atoms with van der Waals surface area (Å²) in [5.41, 5.74) is -0.739. The third kappa shape index (κ3) is 7.42. The molecule has 2 N–H and O–H groups in total. The van der Waals surface area contributed by atoms with Gasteiger partial charge in [0, 0.05) is 11.8 Å². The number of hydrogen-bond acceptors (Lipinski definition) is 9. The number of esters is 1. The molecule has 1 aliphatic rings. The molecule has 35 heavy (non-hydrogen) atoms. The van der Waals surface area contributed by atoms with E-state index in [1.165, 1.54) is 29.6 Å². The number of rotatable bonds is 12. The van der Waals surface area contributed by atoms with Crippen molar-refractivity contribution < 1.29 is 27.9 Å². The normalized spacial score (nSPS) is 19.7. The minimum absolute atomic E-state index is 0.197. The molecule has 0 fully saturated rings. The predicted molar refractivity (Wildman–Crippen MR) is 132 cm³/mol. The molecular formula is C22H28N3O8PS. The standard InChI is InChI=1S/C22H28N3O8PS/c1-15-13-25(22(28)23-20(15)26)19-10-9-17(32-19)14-31-34(29,33-16-7-5-4-6-8-16)24-18(11-12-35-3)21(27)30-2/h4-10,13,17-19H,11-12,14H2,1-3H3,(H,24,29)(H,23,26,28)/t17-,18-,19+,34?/m0/s1. The van der Waals surface area contributed by atoms with Gasteiger partial charge >= 0.3 is 19.4 Å². The molecule has 0 saturated carbocycles. The van der Waals surface area contributed by atoms with Crippen LogP contribution in [0.15, 0.2) is 58.3 Å². The lowest BCUT2D eigenvalue weighted by molar-refractivity contribution is -0.142. The van der Waals surface area contributed by atoms with Crippen LogP contribution < -0.4 is 20.9 Å². The van der Waals surface area contributed by atoms with E-state index in [1.807, 2.05) is 6.26 Å². The van der Waals surface area contributed by atoms with Crippen LogP contribution in [-0.2, 0) is 23.4 Å². The first-order valence-electron chi connectivity index (χ1n) is 10.7. The first-order chi connectivity index (χ1) is 16.7. The average molecular weight is 526 g/mol. The van der Waals surface area contributed by atoms with Crippen LogP contribution in [0.4, 0.5) is 0 Å². The molecule has 0 radical (unpaired) electrons. The predicted octanol–water partition coefficient (Wildman–Crippen LogP) is 2.39. The lowest BCUT2D eigenvalue weighted by Crippen LogP contribution is -2.38. The van der Waals surface area contributed by atoms with E-state index in [2.05, 4.69) is 10.1 Å².